The van der Waals surface area contributed by atoms with Crippen molar-refractivity contribution in [3.05, 3.63) is 12.2 Å². The molecule has 1 heterocycles. The van der Waals surface area contributed by atoms with Crippen molar-refractivity contribution in [1.29, 1.82) is 0 Å². The lowest BCUT2D eigenvalue weighted by molar-refractivity contribution is 0.216. The van der Waals surface area contributed by atoms with Crippen LogP contribution in [-0.4, -0.2) is 24.5 Å². The summed E-state index contributed by atoms with van der Waals surface area (Å²) in [6.45, 7) is 14.7. The van der Waals surface area contributed by atoms with Crippen molar-refractivity contribution >= 4 is 0 Å². The molecule has 0 bridgehead atoms. The predicted molar refractivity (Wildman–Crippen MR) is 58.9 cm³/mol. The summed E-state index contributed by atoms with van der Waals surface area (Å²) in [5.41, 5.74) is 1.92. The predicted octanol–water partition coefficient (Wildman–Crippen LogP) is 3.07. The summed E-state index contributed by atoms with van der Waals surface area (Å²) in [5.74, 6) is 0. The van der Waals surface area contributed by atoms with Gasteiger partial charge in [-0.2, -0.15) is 0 Å². The number of rotatable bonds is 2. The fraction of sp³-hybridized carbons (Fsp3) is 0.833. The standard InChI is InChI=1S/C12H23N/c1-11-5-8-13(9-6-11)10-7-12(2,3)4/h1,5-10H2,2-4H3. The van der Waals surface area contributed by atoms with Crippen molar-refractivity contribution in [3.8, 4) is 0 Å². The fourth-order valence-corrected chi connectivity index (χ4v) is 1.59. The van der Waals surface area contributed by atoms with Crippen LogP contribution < -0.4 is 0 Å². The van der Waals surface area contributed by atoms with Gasteiger partial charge in [0.15, 0.2) is 0 Å². The lowest BCUT2D eigenvalue weighted by atomic mass is 9.91. The Kier molecular flexibility index (Phi) is 3.55. The summed E-state index contributed by atoms with van der Waals surface area (Å²) < 4.78 is 0. The van der Waals surface area contributed by atoms with Gasteiger partial charge in [0.2, 0.25) is 0 Å². The number of hydrogen-bond acceptors (Lipinski definition) is 1. The van der Waals surface area contributed by atoms with Crippen LogP contribution in [0.5, 0.6) is 0 Å². The van der Waals surface area contributed by atoms with E-state index in [2.05, 4.69) is 32.3 Å². The van der Waals surface area contributed by atoms with E-state index in [4.69, 9.17) is 0 Å². The second-order valence-electron chi connectivity index (χ2n) is 5.40. The summed E-state index contributed by atoms with van der Waals surface area (Å²) in [6.07, 6.45) is 3.73. The van der Waals surface area contributed by atoms with E-state index in [-0.39, 0.29) is 0 Å². The van der Waals surface area contributed by atoms with Gasteiger partial charge >= 0.3 is 0 Å². The Hall–Kier alpha value is -0.300. The van der Waals surface area contributed by atoms with Gasteiger partial charge in [0.25, 0.3) is 0 Å². The van der Waals surface area contributed by atoms with Crippen LogP contribution in [0.2, 0.25) is 0 Å². The highest BCUT2D eigenvalue weighted by atomic mass is 15.1. The maximum absolute atomic E-state index is 4.03. The molecule has 0 aromatic heterocycles. The molecule has 76 valence electrons. The normalized spacial score (nSPS) is 20.7. The molecule has 1 nitrogen and oxygen atoms in total. The van der Waals surface area contributed by atoms with Crippen molar-refractivity contribution in [2.75, 3.05) is 19.6 Å². The van der Waals surface area contributed by atoms with Gasteiger partial charge in [-0.15, -0.1) is 0 Å². The zero-order chi connectivity index (χ0) is 9.90. The first-order chi connectivity index (χ1) is 5.97. The smallest absolute Gasteiger partial charge is 0.00186 e. The molecule has 0 aromatic rings. The van der Waals surface area contributed by atoms with E-state index >= 15 is 0 Å². The third kappa shape index (κ3) is 4.47. The van der Waals surface area contributed by atoms with Crippen molar-refractivity contribution < 1.29 is 0 Å². The molecule has 0 aliphatic carbocycles. The topological polar surface area (TPSA) is 3.24 Å². The minimum absolute atomic E-state index is 0.481. The molecule has 0 unspecified atom stereocenters. The quantitative estimate of drug-likeness (QED) is 0.592. The molecule has 1 fully saturated rings. The molecule has 0 aromatic carbocycles. The van der Waals surface area contributed by atoms with Crippen molar-refractivity contribution in [1.82, 2.24) is 4.90 Å². The Balaban J connectivity index is 2.20. The van der Waals surface area contributed by atoms with Gasteiger partial charge in [-0.1, -0.05) is 32.9 Å². The van der Waals surface area contributed by atoms with E-state index < -0.39 is 0 Å². The maximum atomic E-state index is 4.03. The van der Waals surface area contributed by atoms with Crippen molar-refractivity contribution in [2.24, 2.45) is 5.41 Å². The molecular formula is C12H23N. The zero-order valence-corrected chi connectivity index (χ0v) is 9.40. The Labute approximate surface area is 82.8 Å². The molecule has 0 spiro atoms. The summed E-state index contributed by atoms with van der Waals surface area (Å²) in [5, 5.41) is 0. The lowest BCUT2D eigenvalue weighted by Gasteiger charge is -2.30. The van der Waals surface area contributed by atoms with Crippen LogP contribution in [0.15, 0.2) is 12.2 Å². The van der Waals surface area contributed by atoms with Crippen molar-refractivity contribution in [3.63, 3.8) is 0 Å². The van der Waals surface area contributed by atoms with Crippen LogP contribution >= 0.6 is 0 Å². The summed E-state index contributed by atoms with van der Waals surface area (Å²) >= 11 is 0. The average Bonchev–Trinajstić information content (AvgIpc) is 2.02. The summed E-state index contributed by atoms with van der Waals surface area (Å²) in [4.78, 5) is 2.57. The molecule has 0 amide bonds. The van der Waals surface area contributed by atoms with Crippen LogP contribution in [0.25, 0.3) is 0 Å². The molecular weight excluding hydrogens is 158 g/mol. The minimum atomic E-state index is 0.481. The maximum Gasteiger partial charge on any atom is 0.00186 e. The van der Waals surface area contributed by atoms with Gasteiger partial charge in [-0.25, -0.2) is 0 Å². The van der Waals surface area contributed by atoms with Crippen LogP contribution in [0.3, 0.4) is 0 Å². The second kappa shape index (κ2) is 4.28. The Morgan fingerprint density at radius 1 is 1.23 bits per heavy atom. The van der Waals surface area contributed by atoms with E-state index in [1.165, 1.54) is 44.5 Å². The summed E-state index contributed by atoms with van der Waals surface area (Å²) in [6, 6.07) is 0. The highest BCUT2D eigenvalue weighted by Crippen LogP contribution is 2.21. The molecule has 0 atom stereocenters. The number of likely N-dealkylation sites (tertiary alicyclic amines) is 1. The third-order valence-electron chi connectivity index (χ3n) is 2.74. The molecule has 1 saturated heterocycles. The van der Waals surface area contributed by atoms with Crippen LogP contribution in [0.1, 0.15) is 40.0 Å². The minimum Gasteiger partial charge on any atom is -0.303 e. The number of nitrogens with zero attached hydrogens (tertiary/aromatic N) is 1. The van der Waals surface area contributed by atoms with Gasteiger partial charge in [-0.05, 0) is 31.2 Å². The highest BCUT2D eigenvalue weighted by Gasteiger charge is 2.16. The van der Waals surface area contributed by atoms with Crippen LogP contribution in [0, 0.1) is 5.41 Å². The van der Waals surface area contributed by atoms with Crippen LogP contribution in [0.4, 0.5) is 0 Å². The third-order valence-corrected chi connectivity index (χ3v) is 2.74. The first-order valence-electron chi connectivity index (χ1n) is 5.36. The Morgan fingerprint density at radius 3 is 2.23 bits per heavy atom. The largest absolute Gasteiger partial charge is 0.303 e. The molecule has 1 rings (SSSR count). The first kappa shape index (κ1) is 10.8. The van der Waals surface area contributed by atoms with E-state index in [1.54, 1.807) is 0 Å². The average molecular weight is 181 g/mol. The Morgan fingerprint density at radius 2 is 1.77 bits per heavy atom. The molecule has 0 radical (unpaired) electrons. The van der Waals surface area contributed by atoms with Gasteiger partial charge in [0, 0.05) is 13.1 Å². The monoisotopic (exact) mass is 181 g/mol. The molecule has 0 saturated carbocycles. The SMILES string of the molecule is C=C1CCN(CCC(C)(C)C)CC1. The molecule has 13 heavy (non-hydrogen) atoms. The lowest BCUT2D eigenvalue weighted by Crippen LogP contribution is -2.33. The van der Waals surface area contributed by atoms with E-state index in [9.17, 15) is 0 Å². The van der Waals surface area contributed by atoms with E-state index in [0.29, 0.717) is 5.41 Å². The Bertz CT molecular complexity index is 166. The summed E-state index contributed by atoms with van der Waals surface area (Å²) in [7, 11) is 0. The van der Waals surface area contributed by atoms with Gasteiger partial charge in [0.05, 0.1) is 0 Å². The van der Waals surface area contributed by atoms with Gasteiger partial charge in [-0.3, -0.25) is 0 Å². The molecule has 1 aliphatic heterocycles. The van der Waals surface area contributed by atoms with E-state index in [0.717, 1.165) is 0 Å². The van der Waals surface area contributed by atoms with Gasteiger partial charge < -0.3 is 4.90 Å². The van der Waals surface area contributed by atoms with Gasteiger partial charge in [0.1, 0.15) is 0 Å². The highest BCUT2D eigenvalue weighted by molar-refractivity contribution is 4.98. The second-order valence-corrected chi connectivity index (χ2v) is 5.40. The molecule has 0 N–H and O–H groups in total. The first-order valence-corrected chi connectivity index (χ1v) is 5.36. The number of piperidine rings is 1. The van der Waals surface area contributed by atoms with Crippen LogP contribution in [-0.2, 0) is 0 Å². The molecule has 1 aliphatic rings. The number of hydrogen-bond donors (Lipinski definition) is 0. The zero-order valence-electron chi connectivity index (χ0n) is 9.40. The van der Waals surface area contributed by atoms with E-state index in [1.807, 2.05) is 0 Å². The molecule has 1 heteroatoms. The fourth-order valence-electron chi connectivity index (χ4n) is 1.59. The van der Waals surface area contributed by atoms with Crippen molar-refractivity contribution in [2.45, 2.75) is 40.0 Å².